The summed E-state index contributed by atoms with van der Waals surface area (Å²) in [7, 11) is 1.29. The third-order valence-electron chi connectivity index (χ3n) is 8.13. The highest BCUT2D eigenvalue weighted by Gasteiger charge is 2.75. The first-order chi connectivity index (χ1) is 17.1. The molecule has 3 amide bonds. The Bertz CT molecular complexity index is 1410. The van der Waals surface area contributed by atoms with E-state index in [9.17, 15) is 24.5 Å². The van der Waals surface area contributed by atoms with E-state index in [-0.39, 0.29) is 29.1 Å². The number of imide groups is 1. The van der Waals surface area contributed by atoms with Gasteiger partial charge in [-0.2, -0.15) is 0 Å². The van der Waals surface area contributed by atoms with Crippen LogP contribution >= 0.6 is 11.6 Å². The van der Waals surface area contributed by atoms with E-state index in [4.69, 9.17) is 16.3 Å². The molecule has 10 nitrogen and oxygen atoms in total. The number of hydrogen-bond acceptors (Lipinski definition) is 7. The highest BCUT2D eigenvalue weighted by atomic mass is 35.5. The summed E-state index contributed by atoms with van der Waals surface area (Å²) in [6, 6.07) is 5.99. The number of fused-ring (bicyclic) bond motifs is 7. The van der Waals surface area contributed by atoms with Crippen LogP contribution in [-0.4, -0.2) is 47.2 Å². The largest absolute Gasteiger partial charge is 0.490 e. The maximum Gasteiger partial charge on any atom is 0.311 e. The molecule has 0 aliphatic carbocycles. The van der Waals surface area contributed by atoms with Gasteiger partial charge in [-0.25, -0.2) is 4.90 Å². The Kier molecular flexibility index (Phi) is 4.78. The number of ether oxygens (including phenoxy) is 1. The number of carbonyl (C=O) groups excluding carboxylic acids is 3. The van der Waals surface area contributed by atoms with E-state index in [0.29, 0.717) is 34.8 Å². The molecule has 4 aliphatic heterocycles. The molecule has 2 aromatic rings. The van der Waals surface area contributed by atoms with Crippen LogP contribution in [0.1, 0.15) is 29.5 Å². The maximum absolute atomic E-state index is 14.2. The predicted octanol–water partition coefficient (Wildman–Crippen LogP) is 3.30. The molecular weight excluding hydrogens is 488 g/mol. The number of amides is 3. The fourth-order valence-corrected chi connectivity index (χ4v) is 7.16. The molecule has 1 spiro atoms. The van der Waals surface area contributed by atoms with E-state index < -0.39 is 34.1 Å². The fourth-order valence-electron chi connectivity index (χ4n) is 6.84. The molecule has 3 fully saturated rings. The topological polar surface area (TPSA) is 122 Å². The second kappa shape index (κ2) is 7.50. The van der Waals surface area contributed by atoms with Gasteiger partial charge in [0, 0.05) is 23.7 Å². The van der Waals surface area contributed by atoms with Crippen LogP contribution in [0.2, 0.25) is 5.02 Å². The van der Waals surface area contributed by atoms with Crippen LogP contribution in [0.15, 0.2) is 24.3 Å². The van der Waals surface area contributed by atoms with Crippen molar-refractivity contribution in [2.24, 2.45) is 11.8 Å². The Morgan fingerprint density at radius 1 is 1.17 bits per heavy atom. The summed E-state index contributed by atoms with van der Waals surface area (Å²) in [6.07, 6.45) is 1.48. The minimum absolute atomic E-state index is 0.0539. The van der Waals surface area contributed by atoms with Gasteiger partial charge in [0.15, 0.2) is 5.75 Å². The number of hydrogen-bond donors (Lipinski definition) is 1. The van der Waals surface area contributed by atoms with Crippen molar-refractivity contribution in [2.75, 3.05) is 23.9 Å². The molecule has 0 bridgehead atoms. The number of rotatable bonds is 3. The van der Waals surface area contributed by atoms with Gasteiger partial charge < -0.3 is 10.1 Å². The van der Waals surface area contributed by atoms with Crippen LogP contribution in [0.25, 0.3) is 0 Å². The Balaban J connectivity index is 1.55. The average molecular weight is 511 g/mol. The Labute approximate surface area is 211 Å². The molecule has 2 aromatic carbocycles. The molecule has 0 radical (unpaired) electrons. The number of nitro groups is 1. The second-order valence-corrected chi connectivity index (χ2v) is 10.3. The summed E-state index contributed by atoms with van der Waals surface area (Å²) in [5.74, 6) is -2.99. The van der Waals surface area contributed by atoms with Gasteiger partial charge >= 0.3 is 5.69 Å². The van der Waals surface area contributed by atoms with Crippen LogP contribution in [-0.2, 0) is 19.9 Å². The van der Waals surface area contributed by atoms with Gasteiger partial charge in [0.2, 0.25) is 11.8 Å². The summed E-state index contributed by atoms with van der Waals surface area (Å²) in [4.78, 5) is 55.9. The van der Waals surface area contributed by atoms with Crippen LogP contribution in [0.4, 0.5) is 17.1 Å². The molecule has 186 valence electrons. The summed E-state index contributed by atoms with van der Waals surface area (Å²) in [5, 5.41) is 14.8. The second-order valence-electron chi connectivity index (χ2n) is 9.88. The minimum atomic E-state index is -1.35. The van der Waals surface area contributed by atoms with Crippen molar-refractivity contribution in [3.05, 3.63) is 56.1 Å². The van der Waals surface area contributed by atoms with E-state index >= 15 is 0 Å². The van der Waals surface area contributed by atoms with Gasteiger partial charge in [-0.1, -0.05) is 17.7 Å². The van der Waals surface area contributed by atoms with Crippen LogP contribution in [0.5, 0.6) is 5.75 Å². The van der Waals surface area contributed by atoms with Crippen molar-refractivity contribution >= 4 is 46.4 Å². The van der Waals surface area contributed by atoms with E-state index in [0.717, 1.165) is 16.9 Å². The smallest absolute Gasteiger partial charge is 0.311 e. The predicted molar refractivity (Wildman–Crippen MR) is 130 cm³/mol. The monoisotopic (exact) mass is 510 g/mol. The molecule has 0 aromatic heterocycles. The lowest BCUT2D eigenvalue weighted by molar-refractivity contribution is -0.385. The van der Waals surface area contributed by atoms with Gasteiger partial charge in [0.25, 0.3) is 5.91 Å². The van der Waals surface area contributed by atoms with E-state index in [1.807, 2.05) is 17.9 Å². The van der Waals surface area contributed by atoms with Gasteiger partial charge in [0.05, 0.1) is 40.3 Å². The summed E-state index contributed by atoms with van der Waals surface area (Å²) >= 11 is 6.51. The molecule has 4 aliphatic rings. The number of anilines is 2. The molecule has 1 N–H and O–H groups in total. The normalized spacial score (nSPS) is 28.5. The number of benzene rings is 2. The zero-order valence-electron chi connectivity index (χ0n) is 19.8. The third kappa shape index (κ3) is 2.63. The average Bonchev–Trinajstić information content (AvgIpc) is 3.53. The molecule has 11 heteroatoms. The number of nitrogens with one attached hydrogen (secondary N) is 1. The summed E-state index contributed by atoms with van der Waals surface area (Å²) < 4.78 is 5.20. The zero-order chi connectivity index (χ0) is 25.7. The number of carbonyl (C=O) groups is 3. The summed E-state index contributed by atoms with van der Waals surface area (Å²) in [5.41, 5.74) is 0.948. The van der Waals surface area contributed by atoms with E-state index in [1.165, 1.54) is 19.2 Å². The highest BCUT2D eigenvalue weighted by molar-refractivity contribution is 6.35. The van der Waals surface area contributed by atoms with Crippen molar-refractivity contribution < 1.29 is 24.0 Å². The molecular formula is C25H23ClN4O6. The van der Waals surface area contributed by atoms with Crippen molar-refractivity contribution in [3.63, 3.8) is 0 Å². The standard InChI is InChI=1S/C25H23ClN4O6/c1-11-7-13-21(14(26)8-11)27-24(33)25(13)20-19(15-5-4-6-28(15)25)22(31)29(23(20)32)16-10-18(36-3)17(30(34)35)9-12(16)2/h7-10,15,19-20H,4-6H2,1-3H3,(H,27,33)/t15-,19+,20+,25+/m0/s1. The lowest BCUT2D eigenvalue weighted by Crippen LogP contribution is -2.54. The molecule has 0 unspecified atom stereocenters. The third-order valence-corrected chi connectivity index (χ3v) is 8.43. The molecule has 4 heterocycles. The molecule has 0 saturated carbocycles. The van der Waals surface area contributed by atoms with Gasteiger partial charge in [0.1, 0.15) is 5.54 Å². The minimum Gasteiger partial charge on any atom is -0.490 e. The number of nitro benzene ring substituents is 1. The van der Waals surface area contributed by atoms with Gasteiger partial charge in [-0.3, -0.25) is 29.4 Å². The Hall–Kier alpha value is -3.50. The molecule has 4 atom stereocenters. The number of aryl methyl sites for hydroxylation is 2. The van der Waals surface area contributed by atoms with Crippen molar-refractivity contribution in [1.82, 2.24) is 4.90 Å². The molecule has 36 heavy (non-hydrogen) atoms. The lowest BCUT2D eigenvalue weighted by Gasteiger charge is -2.37. The zero-order valence-corrected chi connectivity index (χ0v) is 20.6. The van der Waals surface area contributed by atoms with Crippen molar-refractivity contribution in [1.29, 1.82) is 0 Å². The maximum atomic E-state index is 14.2. The summed E-state index contributed by atoms with van der Waals surface area (Å²) in [6.45, 7) is 4.06. The van der Waals surface area contributed by atoms with Gasteiger partial charge in [-0.05, 0) is 50.4 Å². The van der Waals surface area contributed by atoms with Crippen LogP contribution < -0.4 is 15.0 Å². The molecule has 6 rings (SSSR count). The van der Waals surface area contributed by atoms with Gasteiger partial charge in [-0.15, -0.1) is 0 Å². The highest BCUT2D eigenvalue weighted by Crippen LogP contribution is 2.61. The lowest BCUT2D eigenvalue weighted by atomic mass is 9.75. The van der Waals surface area contributed by atoms with Crippen molar-refractivity contribution in [3.8, 4) is 5.75 Å². The quantitative estimate of drug-likeness (QED) is 0.382. The first kappa shape index (κ1) is 22.9. The Morgan fingerprint density at radius 3 is 2.61 bits per heavy atom. The first-order valence-electron chi connectivity index (χ1n) is 11.7. The number of nitrogens with zero attached hydrogens (tertiary/aromatic N) is 3. The van der Waals surface area contributed by atoms with Crippen LogP contribution in [0.3, 0.4) is 0 Å². The SMILES string of the molecule is COc1cc(N2C(=O)[C@@H]3[C@@H]4CCCN4[C@@]4(C(=O)Nc5c(Cl)cc(C)cc54)[C@H]3C2=O)c(C)cc1[N+](=O)[O-]. The number of halogens is 1. The van der Waals surface area contributed by atoms with E-state index in [1.54, 1.807) is 13.0 Å². The first-order valence-corrected chi connectivity index (χ1v) is 12.1. The Morgan fingerprint density at radius 2 is 1.92 bits per heavy atom. The fraction of sp³-hybridized carbons (Fsp3) is 0.400. The number of methoxy groups -OCH3 is 1. The van der Waals surface area contributed by atoms with Crippen LogP contribution in [0, 0.1) is 35.8 Å². The van der Waals surface area contributed by atoms with E-state index in [2.05, 4.69) is 5.32 Å². The molecule has 3 saturated heterocycles. The van der Waals surface area contributed by atoms with Crippen molar-refractivity contribution in [2.45, 2.75) is 38.3 Å².